The Morgan fingerprint density at radius 1 is 1.24 bits per heavy atom. The molecule has 0 aliphatic heterocycles. The topological polar surface area (TPSA) is 44.5 Å². The van der Waals surface area contributed by atoms with Crippen molar-refractivity contribution in [2.45, 2.75) is 27.2 Å². The van der Waals surface area contributed by atoms with Crippen molar-refractivity contribution in [3.8, 4) is 11.5 Å². The lowest BCUT2D eigenvalue weighted by molar-refractivity contribution is 0.242. The number of benzene rings is 1. The molecule has 0 unspecified atom stereocenters. The third-order valence-electron chi connectivity index (χ3n) is 2.39. The monoisotopic (exact) mass is 241 g/mol. The van der Waals surface area contributed by atoms with E-state index in [-0.39, 0.29) is 16.9 Å². The molecule has 1 aromatic rings. The number of hydrogen-bond acceptors (Lipinski definition) is 3. The van der Waals surface area contributed by atoms with Crippen molar-refractivity contribution < 1.29 is 13.9 Å². The van der Waals surface area contributed by atoms with Gasteiger partial charge < -0.3 is 15.2 Å². The summed E-state index contributed by atoms with van der Waals surface area (Å²) in [5.41, 5.74) is 6.16. The van der Waals surface area contributed by atoms with Gasteiger partial charge in [0.1, 0.15) is 5.75 Å². The minimum atomic E-state index is -0.479. The molecule has 17 heavy (non-hydrogen) atoms. The molecule has 0 aliphatic rings. The molecule has 0 saturated carbocycles. The zero-order valence-electron chi connectivity index (χ0n) is 10.8. The molecule has 0 atom stereocenters. The first-order chi connectivity index (χ1) is 7.83. The van der Waals surface area contributed by atoms with E-state index in [0.29, 0.717) is 12.4 Å². The van der Waals surface area contributed by atoms with E-state index >= 15 is 0 Å². The molecule has 0 aromatic heterocycles. The zero-order valence-corrected chi connectivity index (χ0v) is 10.8. The molecule has 0 heterocycles. The first kappa shape index (κ1) is 13.6. The summed E-state index contributed by atoms with van der Waals surface area (Å²) in [5, 5.41) is 0. The van der Waals surface area contributed by atoms with Crippen molar-refractivity contribution in [3.63, 3.8) is 0 Å². The highest BCUT2D eigenvalue weighted by Gasteiger charge is 2.12. The standard InChI is InChI=1S/C13H20FNO2/c1-13(2,3)5-6-17-12-8-11(16-4)9(14)7-10(12)15/h7-8H,5-6,15H2,1-4H3. The van der Waals surface area contributed by atoms with Gasteiger partial charge in [-0.15, -0.1) is 0 Å². The van der Waals surface area contributed by atoms with Gasteiger partial charge in [0.05, 0.1) is 19.4 Å². The molecule has 0 amide bonds. The summed E-state index contributed by atoms with van der Waals surface area (Å²) in [4.78, 5) is 0. The average Bonchev–Trinajstić information content (AvgIpc) is 2.19. The molecule has 0 bridgehead atoms. The minimum Gasteiger partial charge on any atom is -0.494 e. The molecule has 2 N–H and O–H groups in total. The molecule has 0 aliphatic carbocycles. The van der Waals surface area contributed by atoms with Crippen molar-refractivity contribution in [2.24, 2.45) is 5.41 Å². The Labute approximate surface area is 102 Å². The number of anilines is 1. The fraction of sp³-hybridized carbons (Fsp3) is 0.538. The highest BCUT2D eigenvalue weighted by atomic mass is 19.1. The normalized spacial score (nSPS) is 11.4. The van der Waals surface area contributed by atoms with Crippen LogP contribution >= 0.6 is 0 Å². The van der Waals surface area contributed by atoms with E-state index in [0.717, 1.165) is 6.42 Å². The van der Waals surface area contributed by atoms with Gasteiger partial charge in [0.25, 0.3) is 0 Å². The van der Waals surface area contributed by atoms with Gasteiger partial charge in [0, 0.05) is 12.1 Å². The molecule has 0 saturated heterocycles. The van der Waals surface area contributed by atoms with Crippen LogP contribution in [-0.2, 0) is 0 Å². The van der Waals surface area contributed by atoms with Crippen LogP contribution in [0.15, 0.2) is 12.1 Å². The Morgan fingerprint density at radius 3 is 2.41 bits per heavy atom. The lowest BCUT2D eigenvalue weighted by atomic mass is 9.93. The van der Waals surface area contributed by atoms with E-state index in [1.807, 2.05) is 0 Å². The zero-order chi connectivity index (χ0) is 13.1. The fourth-order valence-electron chi connectivity index (χ4n) is 1.30. The third-order valence-corrected chi connectivity index (χ3v) is 2.39. The van der Waals surface area contributed by atoms with Crippen LogP contribution in [0.25, 0.3) is 0 Å². The van der Waals surface area contributed by atoms with Gasteiger partial charge in [-0.25, -0.2) is 4.39 Å². The number of nitrogen functional groups attached to an aromatic ring is 1. The van der Waals surface area contributed by atoms with Gasteiger partial charge in [0.2, 0.25) is 0 Å². The second-order valence-electron chi connectivity index (χ2n) is 5.18. The Kier molecular flexibility index (Phi) is 4.21. The van der Waals surface area contributed by atoms with Crippen molar-refractivity contribution in [2.75, 3.05) is 19.5 Å². The molecule has 3 nitrogen and oxygen atoms in total. The molecule has 0 spiro atoms. The van der Waals surface area contributed by atoms with Gasteiger partial charge in [-0.3, -0.25) is 0 Å². The average molecular weight is 241 g/mol. The summed E-state index contributed by atoms with van der Waals surface area (Å²) >= 11 is 0. The van der Waals surface area contributed by atoms with E-state index in [4.69, 9.17) is 15.2 Å². The molecule has 0 radical (unpaired) electrons. The predicted molar refractivity (Wildman–Crippen MR) is 66.9 cm³/mol. The Morgan fingerprint density at radius 2 is 1.88 bits per heavy atom. The number of methoxy groups -OCH3 is 1. The van der Waals surface area contributed by atoms with Gasteiger partial charge in [-0.2, -0.15) is 0 Å². The van der Waals surface area contributed by atoms with E-state index in [1.54, 1.807) is 0 Å². The summed E-state index contributed by atoms with van der Waals surface area (Å²) in [6.45, 7) is 6.93. The molecular formula is C13H20FNO2. The first-order valence-corrected chi connectivity index (χ1v) is 5.59. The second-order valence-corrected chi connectivity index (χ2v) is 5.18. The maximum Gasteiger partial charge on any atom is 0.167 e. The number of hydrogen-bond donors (Lipinski definition) is 1. The van der Waals surface area contributed by atoms with E-state index < -0.39 is 5.82 Å². The van der Waals surface area contributed by atoms with Crippen molar-refractivity contribution in [1.29, 1.82) is 0 Å². The van der Waals surface area contributed by atoms with Crippen LogP contribution in [-0.4, -0.2) is 13.7 Å². The lowest BCUT2D eigenvalue weighted by Crippen LogP contribution is -2.11. The molecule has 0 fully saturated rings. The van der Waals surface area contributed by atoms with Crippen LogP contribution in [0.4, 0.5) is 10.1 Å². The van der Waals surface area contributed by atoms with Gasteiger partial charge in [0.15, 0.2) is 11.6 Å². The first-order valence-electron chi connectivity index (χ1n) is 5.59. The van der Waals surface area contributed by atoms with Crippen molar-refractivity contribution >= 4 is 5.69 Å². The second kappa shape index (κ2) is 5.25. The van der Waals surface area contributed by atoms with E-state index in [9.17, 15) is 4.39 Å². The number of halogens is 1. The Hall–Kier alpha value is -1.45. The third kappa shape index (κ3) is 4.13. The van der Waals surface area contributed by atoms with Gasteiger partial charge >= 0.3 is 0 Å². The summed E-state index contributed by atoms with van der Waals surface area (Å²) in [5.74, 6) is 0.130. The van der Waals surface area contributed by atoms with Gasteiger partial charge in [-0.05, 0) is 11.8 Å². The molecule has 1 aromatic carbocycles. The molecular weight excluding hydrogens is 221 g/mol. The molecule has 96 valence electrons. The summed E-state index contributed by atoms with van der Waals surface area (Å²) in [6, 6.07) is 2.69. The quantitative estimate of drug-likeness (QED) is 0.823. The number of nitrogens with two attached hydrogens (primary N) is 1. The minimum absolute atomic E-state index is 0.143. The largest absolute Gasteiger partial charge is 0.494 e. The fourth-order valence-corrected chi connectivity index (χ4v) is 1.30. The van der Waals surface area contributed by atoms with Crippen LogP contribution in [0.1, 0.15) is 27.2 Å². The highest BCUT2D eigenvalue weighted by Crippen LogP contribution is 2.30. The van der Waals surface area contributed by atoms with Crippen LogP contribution < -0.4 is 15.2 Å². The molecule has 1 rings (SSSR count). The van der Waals surface area contributed by atoms with Crippen molar-refractivity contribution in [3.05, 3.63) is 17.9 Å². The van der Waals surface area contributed by atoms with Crippen molar-refractivity contribution in [1.82, 2.24) is 0 Å². The lowest BCUT2D eigenvalue weighted by Gasteiger charge is -2.18. The SMILES string of the molecule is COc1cc(OCCC(C)(C)C)c(N)cc1F. The maximum absolute atomic E-state index is 13.3. The number of ether oxygens (including phenoxy) is 2. The highest BCUT2D eigenvalue weighted by molar-refractivity contribution is 5.56. The van der Waals surface area contributed by atoms with E-state index in [2.05, 4.69) is 20.8 Å². The van der Waals surface area contributed by atoms with Crippen LogP contribution in [0.2, 0.25) is 0 Å². The summed E-state index contributed by atoms with van der Waals surface area (Å²) < 4.78 is 23.7. The number of rotatable bonds is 4. The van der Waals surface area contributed by atoms with Crippen LogP contribution in [0, 0.1) is 11.2 Å². The summed E-state index contributed by atoms with van der Waals surface area (Å²) in [6.07, 6.45) is 0.895. The summed E-state index contributed by atoms with van der Waals surface area (Å²) in [7, 11) is 1.41. The maximum atomic E-state index is 13.3. The van der Waals surface area contributed by atoms with Crippen LogP contribution in [0.5, 0.6) is 11.5 Å². The smallest absolute Gasteiger partial charge is 0.167 e. The van der Waals surface area contributed by atoms with Gasteiger partial charge in [-0.1, -0.05) is 20.8 Å². The predicted octanol–water partition coefficient (Wildman–Crippen LogP) is 3.23. The Balaban J connectivity index is 2.71. The van der Waals surface area contributed by atoms with E-state index in [1.165, 1.54) is 19.2 Å². The van der Waals surface area contributed by atoms with Crippen LogP contribution in [0.3, 0.4) is 0 Å². The Bertz CT molecular complexity index is 386. The molecule has 4 heteroatoms.